The van der Waals surface area contributed by atoms with Crippen molar-refractivity contribution in [1.29, 1.82) is 0 Å². The number of nitrogens with zero attached hydrogens (tertiary/aromatic N) is 2. The van der Waals surface area contributed by atoms with Crippen molar-refractivity contribution in [2.24, 2.45) is 0 Å². The highest BCUT2D eigenvalue weighted by molar-refractivity contribution is 5.77. The predicted molar refractivity (Wildman–Crippen MR) is 59.8 cm³/mol. The third-order valence-electron chi connectivity index (χ3n) is 3.46. The molecule has 2 rings (SSSR count). The first kappa shape index (κ1) is 12.2. The molecule has 1 unspecified atom stereocenters. The van der Waals surface area contributed by atoms with E-state index in [1.807, 2.05) is 7.05 Å². The van der Waals surface area contributed by atoms with Gasteiger partial charge in [0, 0.05) is 19.5 Å². The van der Waals surface area contributed by atoms with E-state index >= 15 is 0 Å². The monoisotopic (exact) mass is 242 g/mol. The molecule has 2 heterocycles. The van der Waals surface area contributed by atoms with Gasteiger partial charge in [-0.15, -0.1) is 0 Å². The maximum Gasteiger partial charge on any atom is 0.410 e. The molecule has 1 amide bonds. The first-order valence-electron chi connectivity index (χ1n) is 5.89. The van der Waals surface area contributed by atoms with Gasteiger partial charge in [-0.3, -0.25) is 9.69 Å². The number of carboxylic acid groups (broad SMARTS) is 1. The van der Waals surface area contributed by atoms with Crippen LogP contribution in [-0.4, -0.2) is 65.8 Å². The fourth-order valence-electron chi connectivity index (χ4n) is 2.65. The second-order valence-electron chi connectivity index (χ2n) is 4.96. The number of carbonyl (C=O) groups excluding carboxylic acids is 1. The number of amides is 1. The summed E-state index contributed by atoms with van der Waals surface area (Å²) < 4.78 is 5.48. The first-order chi connectivity index (χ1) is 8.01. The molecule has 2 fully saturated rings. The van der Waals surface area contributed by atoms with Crippen molar-refractivity contribution in [2.75, 3.05) is 33.2 Å². The van der Waals surface area contributed by atoms with Crippen molar-refractivity contribution in [2.45, 2.75) is 24.9 Å². The molecule has 0 bridgehead atoms. The van der Waals surface area contributed by atoms with E-state index < -0.39 is 12.1 Å². The summed E-state index contributed by atoms with van der Waals surface area (Å²) in [5.74, 6) is -1.00. The summed E-state index contributed by atoms with van der Waals surface area (Å²) in [5.41, 5.74) is -0.390. The highest BCUT2D eigenvalue weighted by Gasteiger charge is 2.43. The van der Waals surface area contributed by atoms with E-state index in [4.69, 9.17) is 9.84 Å². The first-order valence-corrected chi connectivity index (χ1v) is 5.89. The Labute approximate surface area is 100 Å². The van der Waals surface area contributed by atoms with Gasteiger partial charge in [0.1, 0.15) is 12.1 Å². The predicted octanol–water partition coefficient (Wildman–Crippen LogP) is 0.378. The minimum atomic E-state index is -1.00. The molecule has 0 aromatic carbocycles. The Morgan fingerprint density at radius 1 is 1.47 bits per heavy atom. The second-order valence-corrected chi connectivity index (χ2v) is 4.96. The van der Waals surface area contributed by atoms with Crippen molar-refractivity contribution in [3.63, 3.8) is 0 Å². The summed E-state index contributed by atoms with van der Waals surface area (Å²) in [5, 5.41) is 8.67. The summed E-state index contributed by atoms with van der Waals surface area (Å²) in [4.78, 5) is 25.7. The van der Waals surface area contributed by atoms with Crippen molar-refractivity contribution in [1.82, 2.24) is 9.80 Å². The molecule has 0 radical (unpaired) electrons. The van der Waals surface area contributed by atoms with Crippen LogP contribution in [0.4, 0.5) is 4.79 Å². The molecule has 17 heavy (non-hydrogen) atoms. The number of aliphatic carboxylic acids is 1. The number of hydrogen-bond acceptors (Lipinski definition) is 4. The van der Waals surface area contributed by atoms with Crippen LogP contribution < -0.4 is 0 Å². The van der Waals surface area contributed by atoms with E-state index in [1.54, 1.807) is 0 Å². The molecule has 0 aromatic heterocycles. The zero-order valence-corrected chi connectivity index (χ0v) is 10.0. The molecule has 1 atom stereocenters. The van der Waals surface area contributed by atoms with E-state index in [1.165, 1.54) is 4.90 Å². The number of hydrogen-bond donors (Lipinski definition) is 1. The van der Waals surface area contributed by atoms with Gasteiger partial charge in [-0.05, 0) is 26.4 Å². The molecule has 6 nitrogen and oxygen atoms in total. The van der Waals surface area contributed by atoms with Crippen LogP contribution in [0.2, 0.25) is 0 Å². The van der Waals surface area contributed by atoms with Crippen molar-refractivity contribution < 1.29 is 19.4 Å². The van der Waals surface area contributed by atoms with Gasteiger partial charge in [0.2, 0.25) is 0 Å². The molecule has 0 aromatic rings. The van der Waals surface area contributed by atoms with Crippen LogP contribution >= 0.6 is 0 Å². The fourth-order valence-corrected chi connectivity index (χ4v) is 2.65. The lowest BCUT2D eigenvalue weighted by molar-refractivity contribution is -0.140. The highest BCUT2D eigenvalue weighted by atomic mass is 16.6. The van der Waals surface area contributed by atoms with Crippen LogP contribution in [0, 0.1) is 0 Å². The SMILES string of the molecule is CN1CCCC2(CCN(CC(=O)O)C(=O)O2)C1. The third kappa shape index (κ3) is 2.69. The van der Waals surface area contributed by atoms with E-state index in [2.05, 4.69) is 4.90 Å². The van der Waals surface area contributed by atoms with Crippen LogP contribution in [0.25, 0.3) is 0 Å². The maximum absolute atomic E-state index is 11.7. The van der Waals surface area contributed by atoms with Crippen molar-refractivity contribution >= 4 is 12.1 Å². The zero-order valence-electron chi connectivity index (χ0n) is 10.0. The summed E-state index contributed by atoms with van der Waals surface area (Å²) >= 11 is 0. The Kier molecular flexibility index (Phi) is 3.24. The van der Waals surface area contributed by atoms with Crippen molar-refractivity contribution in [3.05, 3.63) is 0 Å². The van der Waals surface area contributed by atoms with Crippen LogP contribution in [0.5, 0.6) is 0 Å². The van der Waals surface area contributed by atoms with Crippen molar-refractivity contribution in [3.8, 4) is 0 Å². The van der Waals surface area contributed by atoms with Crippen LogP contribution in [-0.2, 0) is 9.53 Å². The van der Waals surface area contributed by atoms with Gasteiger partial charge in [-0.1, -0.05) is 0 Å². The maximum atomic E-state index is 11.7. The smallest absolute Gasteiger partial charge is 0.410 e. The Morgan fingerprint density at radius 2 is 2.24 bits per heavy atom. The Bertz CT molecular complexity index is 333. The minimum absolute atomic E-state index is 0.273. The number of ether oxygens (including phenoxy) is 1. The number of carbonyl (C=O) groups is 2. The Balaban J connectivity index is 1.98. The summed E-state index contributed by atoms with van der Waals surface area (Å²) in [6.45, 7) is 1.97. The molecule has 6 heteroatoms. The average Bonchev–Trinajstić information content (AvgIpc) is 2.22. The second kappa shape index (κ2) is 4.52. The van der Waals surface area contributed by atoms with Gasteiger partial charge in [0.15, 0.2) is 0 Å². The topological polar surface area (TPSA) is 70.1 Å². The lowest BCUT2D eigenvalue weighted by Gasteiger charge is -2.45. The number of piperidine rings is 1. The Morgan fingerprint density at radius 3 is 2.82 bits per heavy atom. The molecule has 0 aliphatic carbocycles. The molecule has 1 N–H and O–H groups in total. The fraction of sp³-hybridized carbons (Fsp3) is 0.818. The number of likely N-dealkylation sites (N-methyl/N-ethyl adjacent to an activating group) is 1. The third-order valence-corrected chi connectivity index (χ3v) is 3.46. The molecule has 1 spiro atoms. The minimum Gasteiger partial charge on any atom is -0.480 e. The van der Waals surface area contributed by atoms with Gasteiger partial charge in [-0.2, -0.15) is 0 Å². The highest BCUT2D eigenvalue weighted by Crippen LogP contribution is 2.32. The van der Waals surface area contributed by atoms with Crippen LogP contribution in [0.3, 0.4) is 0 Å². The van der Waals surface area contributed by atoms with Gasteiger partial charge in [0.25, 0.3) is 0 Å². The standard InChI is InChI=1S/C11H18N2O4/c1-12-5-2-3-11(8-12)4-6-13(7-9(14)15)10(16)17-11/h2-8H2,1H3,(H,14,15). The van der Waals surface area contributed by atoms with Crippen LogP contribution in [0.15, 0.2) is 0 Å². The summed E-state index contributed by atoms with van der Waals surface area (Å²) in [6, 6.07) is 0. The van der Waals surface area contributed by atoms with Gasteiger partial charge < -0.3 is 14.7 Å². The molecule has 2 saturated heterocycles. The molecule has 2 aliphatic rings. The van der Waals surface area contributed by atoms with Gasteiger partial charge in [-0.25, -0.2) is 4.79 Å². The van der Waals surface area contributed by atoms with Gasteiger partial charge >= 0.3 is 12.1 Å². The van der Waals surface area contributed by atoms with Gasteiger partial charge in [0.05, 0.1) is 0 Å². The largest absolute Gasteiger partial charge is 0.480 e. The molecular formula is C11H18N2O4. The number of carboxylic acids is 1. The number of rotatable bonds is 2. The summed E-state index contributed by atoms with van der Waals surface area (Å²) in [7, 11) is 2.01. The number of likely N-dealkylation sites (tertiary alicyclic amines) is 1. The normalized spacial score (nSPS) is 30.4. The zero-order chi connectivity index (χ0) is 12.5. The summed E-state index contributed by atoms with van der Waals surface area (Å²) in [6.07, 6.45) is 2.12. The average molecular weight is 242 g/mol. The quantitative estimate of drug-likeness (QED) is 0.758. The van der Waals surface area contributed by atoms with E-state index in [9.17, 15) is 9.59 Å². The van der Waals surface area contributed by atoms with E-state index in [0.29, 0.717) is 6.54 Å². The van der Waals surface area contributed by atoms with E-state index in [-0.39, 0.29) is 12.1 Å². The molecule has 2 aliphatic heterocycles. The van der Waals surface area contributed by atoms with E-state index in [0.717, 1.165) is 32.4 Å². The lowest BCUT2D eigenvalue weighted by atomic mass is 9.88. The Hall–Kier alpha value is -1.30. The van der Waals surface area contributed by atoms with Crippen LogP contribution in [0.1, 0.15) is 19.3 Å². The molecular weight excluding hydrogens is 224 g/mol. The molecule has 96 valence electrons. The molecule has 0 saturated carbocycles. The lowest BCUT2D eigenvalue weighted by Crippen LogP contribution is -2.57.